The Balaban J connectivity index is 1.55. The lowest BCUT2D eigenvalue weighted by Gasteiger charge is -2.29. The zero-order valence-electron chi connectivity index (χ0n) is 14.3. The van der Waals surface area contributed by atoms with Crippen molar-refractivity contribution in [2.45, 2.75) is 19.4 Å². The normalized spacial score (nSPS) is 16.9. The predicted molar refractivity (Wildman–Crippen MR) is 97.5 cm³/mol. The Hall–Kier alpha value is -1.71. The van der Waals surface area contributed by atoms with Crippen LogP contribution in [0.15, 0.2) is 23.6 Å². The maximum Gasteiger partial charge on any atom is 0.223 e. The van der Waals surface area contributed by atoms with Crippen LogP contribution in [0.5, 0.6) is 0 Å². The number of sulfonamides is 1. The second kappa shape index (κ2) is 7.27. The lowest BCUT2D eigenvalue weighted by atomic mass is 9.97. The summed E-state index contributed by atoms with van der Waals surface area (Å²) < 4.78 is 26.3. The van der Waals surface area contributed by atoms with Gasteiger partial charge in [-0.1, -0.05) is 6.07 Å². The molecule has 0 aliphatic carbocycles. The Bertz CT molecular complexity index is 835. The van der Waals surface area contributed by atoms with Gasteiger partial charge in [0.15, 0.2) is 0 Å². The van der Waals surface area contributed by atoms with Gasteiger partial charge in [-0.15, -0.1) is 11.3 Å². The molecular weight excluding hydrogens is 360 g/mol. The summed E-state index contributed by atoms with van der Waals surface area (Å²) in [5.41, 5.74) is 1.84. The van der Waals surface area contributed by atoms with E-state index in [1.807, 2.05) is 30.6 Å². The first kappa shape index (κ1) is 18.1. The van der Waals surface area contributed by atoms with Gasteiger partial charge in [0.1, 0.15) is 5.69 Å². The van der Waals surface area contributed by atoms with Crippen molar-refractivity contribution >= 4 is 27.3 Å². The number of carbonyl (C=O) groups excluding carboxylic acids is 1. The second-order valence-electron chi connectivity index (χ2n) is 6.28. The molecule has 136 valence electrons. The van der Waals surface area contributed by atoms with Gasteiger partial charge in [0.05, 0.1) is 23.4 Å². The maximum atomic E-state index is 12.4. The fourth-order valence-corrected chi connectivity index (χ4v) is 4.54. The summed E-state index contributed by atoms with van der Waals surface area (Å²) in [4.78, 5) is 13.5. The number of amides is 1. The summed E-state index contributed by atoms with van der Waals surface area (Å²) in [7, 11) is -1.30. The van der Waals surface area contributed by atoms with Crippen molar-refractivity contribution in [2.24, 2.45) is 13.0 Å². The first-order valence-electron chi connectivity index (χ1n) is 8.14. The molecule has 1 fully saturated rings. The van der Waals surface area contributed by atoms with Crippen molar-refractivity contribution in [3.63, 3.8) is 0 Å². The molecule has 0 bridgehead atoms. The number of rotatable bonds is 5. The van der Waals surface area contributed by atoms with Gasteiger partial charge in [0, 0.05) is 26.1 Å². The van der Waals surface area contributed by atoms with E-state index in [9.17, 15) is 13.2 Å². The number of nitrogens with one attached hydrogen (secondary N) is 1. The third-order valence-electron chi connectivity index (χ3n) is 4.49. The zero-order valence-corrected chi connectivity index (χ0v) is 15.9. The standard InChI is InChI=1S/C16H22N4O3S2/c1-19-13(10-14(18-19)15-4-3-9-24-15)11-17-16(21)12-5-7-20(8-6-12)25(2,22)23/h3-4,9-10,12H,5-8,11H2,1-2H3,(H,17,21). The van der Waals surface area contributed by atoms with Gasteiger partial charge in [-0.25, -0.2) is 12.7 Å². The lowest BCUT2D eigenvalue weighted by Crippen LogP contribution is -2.42. The van der Waals surface area contributed by atoms with Crippen LogP contribution in [0.1, 0.15) is 18.5 Å². The van der Waals surface area contributed by atoms with E-state index >= 15 is 0 Å². The van der Waals surface area contributed by atoms with Crippen LogP contribution in [0.4, 0.5) is 0 Å². The Morgan fingerprint density at radius 3 is 2.72 bits per heavy atom. The highest BCUT2D eigenvalue weighted by atomic mass is 32.2. The minimum atomic E-state index is -3.16. The van der Waals surface area contributed by atoms with Crippen molar-refractivity contribution < 1.29 is 13.2 Å². The molecule has 1 N–H and O–H groups in total. The fraction of sp³-hybridized carbons (Fsp3) is 0.500. The number of thiophene rings is 1. The Morgan fingerprint density at radius 1 is 1.40 bits per heavy atom. The fourth-order valence-electron chi connectivity index (χ4n) is 2.99. The summed E-state index contributed by atoms with van der Waals surface area (Å²) in [5.74, 6) is -0.157. The number of aromatic nitrogens is 2. The van der Waals surface area contributed by atoms with Crippen molar-refractivity contribution in [1.29, 1.82) is 0 Å². The highest BCUT2D eigenvalue weighted by Crippen LogP contribution is 2.24. The second-order valence-corrected chi connectivity index (χ2v) is 9.21. The van der Waals surface area contributed by atoms with E-state index in [0.717, 1.165) is 16.3 Å². The summed E-state index contributed by atoms with van der Waals surface area (Å²) in [5, 5.41) is 9.45. The van der Waals surface area contributed by atoms with Crippen LogP contribution in [-0.4, -0.2) is 47.8 Å². The largest absolute Gasteiger partial charge is 0.350 e. The molecular formula is C16H22N4O3S2. The Morgan fingerprint density at radius 2 is 2.12 bits per heavy atom. The quantitative estimate of drug-likeness (QED) is 0.848. The minimum absolute atomic E-state index is 0.0213. The van der Waals surface area contributed by atoms with Crippen LogP contribution in [0, 0.1) is 5.92 Å². The average molecular weight is 383 g/mol. The van der Waals surface area contributed by atoms with E-state index in [1.54, 1.807) is 16.0 Å². The number of hydrogen-bond acceptors (Lipinski definition) is 5. The average Bonchev–Trinajstić information content (AvgIpc) is 3.21. The molecule has 7 nitrogen and oxygen atoms in total. The third-order valence-corrected chi connectivity index (χ3v) is 6.68. The molecule has 1 amide bonds. The van der Waals surface area contributed by atoms with E-state index in [1.165, 1.54) is 10.6 Å². The lowest BCUT2D eigenvalue weighted by molar-refractivity contribution is -0.126. The molecule has 1 aliphatic rings. The number of carbonyl (C=O) groups is 1. The summed E-state index contributed by atoms with van der Waals surface area (Å²) in [6.45, 7) is 1.23. The van der Waals surface area contributed by atoms with Gasteiger partial charge in [0.2, 0.25) is 15.9 Å². The SMILES string of the molecule is Cn1nc(-c2cccs2)cc1CNC(=O)C1CCN(S(C)(=O)=O)CC1. The van der Waals surface area contributed by atoms with E-state index in [-0.39, 0.29) is 11.8 Å². The van der Waals surface area contributed by atoms with E-state index in [0.29, 0.717) is 32.5 Å². The van der Waals surface area contributed by atoms with Gasteiger partial charge < -0.3 is 5.32 Å². The highest BCUT2D eigenvalue weighted by molar-refractivity contribution is 7.88. The van der Waals surface area contributed by atoms with E-state index in [4.69, 9.17) is 0 Å². The van der Waals surface area contributed by atoms with Crippen LogP contribution in [0.2, 0.25) is 0 Å². The molecule has 0 aromatic carbocycles. The molecule has 0 unspecified atom stereocenters. The highest BCUT2D eigenvalue weighted by Gasteiger charge is 2.28. The number of nitrogens with zero attached hydrogens (tertiary/aromatic N) is 3. The van der Waals surface area contributed by atoms with Crippen LogP contribution in [-0.2, 0) is 28.4 Å². The Kier molecular flexibility index (Phi) is 5.26. The van der Waals surface area contributed by atoms with Gasteiger partial charge in [-0.3, -0.25) is 9.48 Å². The Labute approximate surface area is 151 Å². The van der Waals surface area contributed by atoms with Crippen LogP contribution in [0.3, 0.4) is 0 Å². The molecule has 3 heterocycles. The molecule has 1 saturated heterocycles. The maximum absolute atomic E-state index is 12.4. The monoisotopic (exact) mass is 382 g/mol. The topological polar surface area (TPSA) is 84.3 Å². The molecule has 1 aliphatic heterocycles. The smallest absolute Gasteiger partial charge is 0.223 e. The first-order valence-corrected chi connectivity index (χ1v) is 10.9. The summed E-state index contributed by atoms with van der Waals surface area (Å²) in [6, 6.07) is 5.99. The molecule has 2 aromatic rings. The van der Waals surface area contributed by atoms with Crippen LogP contribution in [0.25, 0.3) is 10.6 Å². The molecule has 2 aromatic heterocycles. The summed E-state index contributed by atoms with van der Waals surface area (Å²) >= 11 is 1.63. The molecule has 3 rings (SSSR count). The number of piperidine rings is 1. The summed E-state index contributed by atoms with van der Waals surface area (Å²) in [6.07, 6.45) is 2.33. The van der Waals surface area contributed by atoms with Gasteiger partial charge in [-0.2, -0.15) is 5.10 Å². The van der Waals surface area contributed by atoms with Gasteiger partial charge in [-0.05, 0) is 30.4 Å². The number of aryl methyl sites for hydroxylation is 1. The molecule has 0 spiro atoms. The minimum Gasteiger partial charge on any atom is -0.350 e. The van der Waals surface area contributed by atoms with E-state index < -0.39 is 10.0 Å². The molecule has 0 saturated carbocycles. The molecule has 9 heteroatoms. The van der Waals surface area contributed by atoms with Crippen molar-refractivity contribution in [3.05, 3.63) is 29.3 Å². The third kappa shape index (κ3) is 4.28. The zero-order chi connectivity index (χ0) is 18.0. The first-order chi connectivity index (χ1) is 11.8. The molecule has 0 radical (unpaired) electrons. The van der Waals surface area contributed by atoms with Crippen molar-refractivity contribution in [2.75, 3.05) is 19.3 Å². The van der Waals surface area contributed by atoms with Gasteiger partial charge in [0.25, 0.3) is 0 Å². The van der Waals surface area contributed by atoms with Gasteiger partial charge >= 0.3 is 0 Å². The van der Waals surface area contributed by atoms with Crippen LogP contribution < -0.4 is 5.32 Å². The van der Waals surface area contributed by atoms with Crippen molar-refractivity contribution in [3.8, 4) is 10.6 Å². The predicted octanol–water partition coefficient (Wildman–Crippen LogP) is 1.44. The number of hydrogen-bond donors (Lipinski definition) is 1. The molecule has 0 atom stereocenters. The van der Waals surface area contributed by atoms with Crippen LogP contribution >= 0.6 is 11.3 Å². The van der Waals surface area contributed by atoms with E-state index in [2.05, 4.69) is 10.4 Å². The van der Waals surface area contributed by atoms with Crippen molar-refractivity contribution in [1.82, 2.24) is 19.4 Å². The molecule has 25 heavy (non-hydrogen) atoms.